The molecule has 0 radical (unpaired) electrons. The number of aromatic hydroxyl groups is 1. The molecule has 2 aromatic carbocycles. The molecule has 2 atom stereocenters. The predicted molar refractivity (Wildman–Crippen MR) is 162 cm³/mol. The topological polar surface area (TPSA) is 104 Å². The molecule has 2 aliphatic heterocycles. The van der Waals surface area contributed by atoms with Crippen LogP contribution in [0.3, 0.4) is 0 Å². The van der Waals surface area contributed by atoms with Gasteiger partial charge in [-0.05, 0) is 49.6 Å². The highest BCUT2D eigenvalue weighted by atomic mass is 19.1. The molecule has 2 N–H and O–H groups in total. The van der Waals surface area contributed by atoms with Gasteiger partial charge in [-0.25, -0.2) is 18.0 Å². The number of aryl methyl sites for hydroxylation is 1. The number of carbonyl (C=O) groups excluding carboxylic acids is 1. The Balaban J connectivity index is 1.78. The molecular weight excluding hydrogens is 573 g/mol. The molecule has 2 aromatic heterocycles. The number of benzene rings is 2. The largest absolute Gasteiger partial charge is 0.507 e. The van der Waals surface area contributed by atoms with Gasteiger partial charge in [0.1, 0.15) is 22.9 Å². The van der Waals surface area contributed by atoms with Crippen LogP contribution in [-0.2, 0) is 4.79 Å². The van der Waals surface area contributed by atoms with E-state index < -0.39 is 52.1 Å². The second kappa shape index (κ2) is 10.7. The van der Waals surface area contributed by atoms with Gasteiger partial charge in [0, 0.05) is 31.9 Å². The van der Waals surface area contributed by atoms with Gasteiger partial charge < -0.3 is 20.2 Å². The summed E-state index contributed by atoms with van der Waals surface area (Å²) < 4.78 is 50.1. The van der Waals surface area contributed by atoms with E-state index in [4.69, 9.17) is 0 Å². The Bertz CT molecular complexity index is 1900. The number of hydrogen-bond acceptors (Lipinski definition) is 7. The highest BCUT2D eigenvalue weighted by Gasteiger charge is 2.40. The Hall–Kier alpha value is -4.87. The number of phenols is 1. The Labute approximate surface area is 251 Å². The van der Waals surface area contributed by atoms with Crippen molar-refractivity contribution in [2.45, 2.75) is 45.7 Å². The molecule has 0 aliphatic carbocycles. The summed E-state index contributed by atoms with van der Waals surface area (Å²) in [5.74, 6) is -4.55. The van der Waals surface area contributed by atoms with E-state index in [1.54, 1.807) is 24.1 Å². The third-order valence-electron chi connectivity index (χ3n) is 8.39. The molecule has 0 spiro atoms. The molecule has 4 aromatic rings. The minimum absolute atomic E-state index is 0.0185. The Morgan fingerprint density at radius 2 is 1.91 bits per heavy atom. The number of nitrogens with zero attached hydrogens (tertiary/aromatic N) is 5. The van der Waals surface area contributed by atoms with E-state index >= 15 is 13.2 Å². The molecule has 1 amide bonds. The third-order valence-corrected chi connectivity index (χ3v) is 8.39. The fraction of sp³-hybridized carbons (Fsp3) is 0.312. The predicted octanol–water partition coefficient (Wildman–Crippen LogP) is 5.02. The lowest BCUT2D eigenvalue weighted by molar-refractivity contribution is -0.127. The van der Waals surface area contributed by atoms with Crippen LogP contribution in [0, 0.1) is 24.4 Å². The van der Waals surface area contributed by atoms with Gasteiger partial charge in [-0.1, -0.05) is 26.5 Å². The summed E-state index contributed by atoms with van der Waals surface area (Å²) in [6, 6.07) is 4.13. The van der Waals surface area contributed by atoms with Crippen molar-refractivity contribution in [1.29, 1.82) is 0 Å². The maximum Gasteiger partial charge on any atom is 0.354 e. The monoisotopic (exact) mass is 604 g/mol. The molecule has 1 saturated heterocycles. The summed E-state index contributed by atoms with van der Waals surface area (Å²) in [5, 5.41) is 13.7. The lowest BCUT2D eigenvalue weighted by atomic mass is 9.97. The molecule has 1 fully saturated rings. The number of phenolic OH excluding ortho intramolecular Hbond substituents is 1. The Morgan fingerprint density at radius 1 is 1.16 bits per heavy atom. The SMILES string of the molecule is C=CC(=O)N1CC(C)N2c3nc(=O)n(-c4c(C)ccnc4C(C)C)c4c(F)c(-c5c(O)cccc5F)c(F)c(c34)NCC2C1. The fourth-order valence-corrected chi connectivity index (χ4v) is 6.48. The number of nitrogens with one attached hydrogen (secondary N) is 1. The Kier molecular flexibility index (Phi) is 7.10. The first kappa shape index (κ1) is 29.2. The van der Waals surface area contributed by atoms with Crippen molar-refractivity contribution in [2.75, 3.05) is 29.9 Å². The first-order chi connectivity index (χ1) is 21.0. The van der Waals surface area contributed by atoms with E-state index in [0.29, 0.717) is 11.3 Å². The zero-order valence-electron chi connectivity index (χ0n) is 24.7. The van der Waals surface area contributed by atoms with Gasteiger partial charge in [-0.15, -0.1) is 0 Å². The fourth-order valence-electron chi connectivity index (χ4n) is 6.48. The standard InChI is InChI=1S/C32H31F3N6O3/c1-6-21(43)39-13-17(5)40-18(14-39)12-37-28-24-30(26(35)23(25(28)34)22-19(33)8-7-9-20(22)42)41(32(44)38-31(24)40)29-16(4)10-11-36-27(29)15(2)3/h6-11,15,17-18,37,42H,1,12-14H2,2-5H3. The smallest absolute Gasteiger partial charge is 0.354 e. The van der Waals surface area contributed by atoms with E-state index in [0.717, 1.165) is 16.7 Å². The number of piperazine rings is 1. The average molecular weight is 605 g/mol. The molecule has 228 valence electrons. The number of anilines is 2. The maximum atomic E-state index is 17.1. The summed E-state index contributed by atoms with van der Waals surface area (Å²) in [5.41, 5.74) is -1.54. The first-order valence-electron chi connectivity index (χ1n) is 14.3. The lowest BCUT2D eigenvalue weighted by Gasteiger charge is -2.45. The van der Waals surface area contributed by atoms with Crippen molar-refractivity contribution in [3.8, 4) is 22.6 Å². The summed E-state index contributed by atoms with van der Waals surface area (Å²) in [7, 11) is 0. The van der Waals surface area contributed by atoms with E-state index in [-0.39, 0.29) is 59.6 Å². The van der Waals surface area contributed by atoms with Crippen molar-refractivity contribution < 1.29 is 23.1 Å². The average Bonchev–Trinajstić information content (AvgIpc) is 3.14. The molecule has 0 saturated carbocycles. The molecular formula is C32H31F3N6O3. The molecule has 44 heavy (non-hydrogen) atoms. The highest BCUT2D eigenvalue weighted by Crippen LogP contribution is 2.46. The van der Waals surface area contributed by atoms with Crippen molar-refractivity contribution in [2.24, 2.45) is 0 Å². The number of hydrogen-bond donors (Lipinski definition) is 2. The molecule has 12 heteroatoms. The quantitative estimate of drug-likeness (QED) is 0.316. The summed E-state index contributed by atoms with van der Waals surface area (Å²) in [6.45, 7) is 11.4. The lowest BCUT2D eigenvalue weighted by Crippen LogP contribution is -2.61. The zero-order chi connectivity index (χ0) is 31.6. The van der Waals surface area contributed by atoms with Crippen LogP contribution in [0.15, 0.2) is 47.9 Å². The minimum Gasteiger partial charge on any atom is -0.507 e. The van der Waals surface area contributed by atoms with Gasteiger partial charge in [-0.2, -0.15) is 4.98 Å². The normalized spacial score (nSPS) is 17.8. The zero-order valence-corrected chi connectivity index (χ0v) is 24.7. The molecule has 2 unspecified atom stereocenters. The molecule has 6 rings (SSSR count). The first-order valence-corrected chi connectivity index (χ1v) is 14.3. The van der Waals surface area contributed by atoms with Gasteiger partial charge >= 0.3 is 5.69 Å². The summed E-state index contributed by atoms with van der Waals surface area (Å²) in [4.78, 5) is 39.0. The van der Waals surface area contributed by atoms with Gasteiger partial charge in [-0.3, -0.25) is 14.3 Å². The maximum absolute atomic E-state index is 17.1. The van der Waals surface area contributed by atoms with E-state index in [2.05, 4.69) is 21.9 Å². The third kappa shape index (κ3) is 4.30. The summed E-state index contributed by atoms with van der Waals surface area (Å²) in [6.07, 6.45) is 2.79. The van der Waals surface area contributed by atoms with Gasteiger partial charge in [0.05, 0.1) is 39.6 Å². The van der Waals surface area contributed by atoms with Crippen LogP contribution >= 0.6 is 0 Å². The number of amides is 1. The van der Waals surface area contributed by atoms with Gasteiger partial charge in [0.2, 0.25) is 5.91 Å². The van der Waals surface area contributed by atoms with Crippen LogP contribution in [0.2, 0.25) is 0 Å². The van der Waals surface area contributed by atoms with E-state index in [9.17, 15) is 14.7 Å². The number of carbonyl (C=O) groups is 1. The van der Waals surface area contributed by atoms with Crippen LogP contribution in [0.25, 0.3) is 27.7 Å². The molecule has 9 nitrogen and oxygen atoms in total. The van der Waals surface area contributed by atoms with Crippen molar-refractivity contribution in [3.63, 3.8) is 0 Å². The second-order valence-electron chi connectivity index (χ2n) is 11.5. The number of fused-ring (bicyclic) bond motifs is 2. The Morgan fingerprint density at radius 3 is 2.59 bits per heavy atom. The number of rotatable bonds is 4. The second-order valence-corrected chi connectivity index (χ2v) is 11.5. The van der Waals surface area contributed by atoms with Gasteiger partial charge in [0.25, 0.3) is 0 Å². The van der Waals surface area contributed by atoms with E-state index in [1.165, 1.54) is 12.1 Å². The van der Waals surface area contributed by atoms with Gasteiger partial charge in [0.15, 0.2) is 11.6 Å². The van der Waals surface area contributed by atoms with Crippen LogP contribution in [0.1, 0.15) is 37.9 Å². The van der Waals surface area contributed by atoms with Crippen molar-refractivity contribution in [1.82, 2.24) is 19.4 Å². The summed E-state index contributed by atoms with van der Waals surface area (Å²) >= 11 is 0. The highest BCUT2D eigenvalue weighted by molar-refractivity contribution is 6.05. The molecule has 0 bridgehead atoms. The van der Waals surface area contributed by atoms with E-state index in [1.807, 2.05) is 25.7 Å². The van der Waals surface area contributed by atoms with Crippen LogP contribution in [0.4, 0.5) is 24.7 Å². The van der Waals surface area contributed by atoms with Crippen molar-refractivity contribution >= 4 is 28.3 Å². The van der Waals surface area contributed by atoms with Crippen LogP contribution in [-0.4, -0.2) is 62.2 Å². The molecule has 2 aliphatic rings. The number of halogens is 3. The molecule has 4 heterocycles. The number of aromatic nitrogens is 3. The minimum atomic E-state index is -1.24. The number of pyridine rings is 1. The van der Waals surface area contributed by atoms with Crippen molar-refractivity contribution in [3.05, 3.63) is 82.3 Å². The van der Waals surface area contributed by atoms with Crippen LogP contribution < -0.4 is 15.9 Å². The van der Waals surface area contributed by atoms with Crippen LogP contribution in [0.5, 0.6) is 5.75 Å².